The van der Waals surface area contributed by atoms with Gasteiger partial charge in [-0.25, -0.2) is 0 Å². The molecule has 2 rings (SSSR count). The van der Waals surface area contributed by atoms with Gasteiger partial charge in [0.1, 0.15) is 0 Å². The Kier molecular flexibility index (Phi) is 4.31. The first-order chi connectivity index (χ1) is 7.88. The molecule has 0 radical (unpaired) electrons. The average Bonchev–Trinajstić information content (AvgIpc) is 2.83. The molecular weight excluding hydrogens is 200 g/mol. The topological polar surface area (TPSA) is 34.1 Å². The third-order valence-electron chi connectivity index (χ3n) is 3.06. The molecule has 2 heterocycles. The standard InChI is InChI=1S/C13H20N2O/c1-2-11-3-4-13(15-8-11)10-16-9-12-5-6-14-7-12/h3-4,8,12,14H,2,5-7,9-10H2,1H3. The highest BCUT2D eigenvalue weighted by atomic mass is 16.5. The molecule has 88 valence electrons. The van der Waals surface area contributed by atoms with Crippen molar-refractivity contribution in [3.05, 3.63) is 29.6 Å². The molecular formula is C13H20N2O. The lowest BCUT2D eigenvalue weighted by atomic mass is 10.1. The summed E-state index contributed by atoms with van der Waals surface area (Å²) in [5, 5.41) is 3.34. The van der Waals surface area contributed by atoms with Crippen LogP contribution in [0.1, 0.15) is 24.6 Å². The van der Waals surface area contributed by atoms with Crippen molar-refractivity contribution in [2.24, 2.45) is 5.92 Å². The highest BCUT2D eigenvalue weighted by Gasteiger charge is 2.14. The molecule has 3 heteroatoms. The van der Waals surface area contributed by atoms with Crippen molar-refractivity contribution in [3.8, 4) is 0 Å². The summed E-state index contributed by atoms with van der Waals surface area (Å²) in [4.78, 5) is 4.37. The van der Waals surface area contributed by atoms with E-state index in [0.29, 0.717) is 12.5 Å². The fraction of sp³-hybridized carbons (Fsp3) is 0.615. The zero-order valence-electron chi connectivity index (χ0n) is 9.91. The van der Waals surface area contributed by atoms with E-state index in [1.165, 1.54) is 12.0 Å². The SMILES string of the molecule is CCc1ccc(COCC2CCNC2)nc1. The number of aromatic nitrogens is 1. The summed E-state index contributed by atoms with van der Waals surface area (Å²) in [5.41, 5.74) is 2.31. The van der Waals surface area contributed by atoms with Crippen LogP contribution in [0.2, 0.25) is 0 Å². The molecule has 0 aliphatic carbocycles. The molecule has 0 amide bonds. The summed E-state index contributed by atoms with van der Waals surface area (Å²) in [5.74, 6) is 0.690. The molecule has 0 bridgehead atoms. The lowest BCUT2D eigenvalue weighted by Gasteiger charge is -2.09. The van der Waals surface area contributed by atoms with Gasteiger partial charge in [-0.05, 0) is 36.9 Å². The molecule has 1 saturated heterocycles. The number of aryl methyl sites for hydroxylation is 1. The van der Waals surface area contributed by atoms with Gasteiger partial charge in [0, 0.05) is 12.7 Å². The molecule has 1 unspecified atom stereocenters. The molecule has 1 N–H and O–H groups in total. The minimum atomic E-state index is 0.639. The van der Waals surface area contributed by atoms with Crippen LogP contribution in [-0.2, 0) is 17.8 Å². The molecule has 1 atom stereocenters. The van der Waals surface area contributed by atoms with Crippen molar-refractivity contribution in [2.45, 2.75) is 26.4 Å². The van der Waals surface area contributed by atoms with Crippen molar-refractivity contribution in [3.63, 3.8) is 0 Å². The third kappa shape index (κ3) is 3.29. The Morgan fingerprint density at radius 2 is 2.44 bits per heavy atom. The average molecular weight is 220 g/mol. The Morgan fingerprint density at radius 3 is 3.06 bits per heavy atom. The zero-order valence-corrected chi connectivity index (χ0v) is 9.91. The van der Waals surface area contributed by atoms with Crippen LogP contribution in [-0.4, -0.2) is 24.7 Å². The quantitative estimate of drug-likeness (QED) is 0.821. The second-order valence-corrected chi connectivity index (χ2v) is 4.39. The molecule has 0 aromatic carbocycles. The van der Waals surface area contributed by atoms with Crippen LogP contribution in [0.4, 0.5) is 0 Å². The van der Waals surface area contributed by atoms with Crippen molar-refractivity contribution in [1.29, 1.82) is 0 Å². The van der Waals surface area contributed by atoms with Gasteiger partial charge in [-0.1, -0.05) is 13.0 Å². The second kappa shape index (κ2) is 5.97. The molecule has 0 spiro atoms. The normalized spacial score (nSPS) is 20.2. The maximum Gasteiger partial charge on any atom is 0.0887 e. The summed E-state index contributed by atoms with van der Waals surface area (Å²) in [6.45, 7) is 5.87. The number of rotatable bonds is 5. The number of ether oxygens (including phenoxy) is 1. The van der Waals surface area contributed by atoms with Gasteiger partial charge in [0.2, 0.25) is 0 Å². The summed E-state index contributed by atoms with van der Waals surface area (Å²) < 4.78 is 5.67. The second-order valence-electron chi connectivity index (χ2n) is 4.39. The number of pyridine rings is 1. The molecule has 1 fully saturated rings. The van der Waals surface area contributed by atoms with Gasteiger partial charge in [0.05, 0.1) is 18.9 Å². The maximum absolute atomic E-state index is 5.67. The number of nitrogens with one attached hydrogen (secondary N) is 1. The predicted molar refractivity (Wildman–Crippen MR) is 64.2 cm³/mol. The largest absolute Gasteiger partial charge is 0.375 e. The van der Waals surface area contributed by atoms with Crippen LogP contribution in [0.15, 0.2) is 18.3 Å². The minimum Gasteiger partial charge on any atom is -0.375 e. The summed E-state index contributed by atoms with van der Waals surface area (Å²) in [7, 11) is 0. The van der Waals surface area contributed by atoms with Crippen LogP contribution in [0.5, 0.6) is 0 Å². The Bertz CT molecular complexity index is 304. The maximum atomic E-state index is 5.67. The van der Waals surface area contributed by atoms with E-state index >= 15 is 0 Å². The molecule has 1 aromatic rings. The van der Waals surface area contributed by atoms with E-state index in [1.807, 2.05) is 6.20 Å². The Balaban J connectivity index is 1.71. The summed E-state index contributed by atoms with van der Waals surface area (Å²) >= 11 is 0. The minimum absolute atomic E-state index is 0.639. The van der Waals surface area contributed by atoms with Crippen molar-refractivity contribution in [2.75, 3.05) is 19.7 Å². The van der Waals surface area contributed by atoms with Crippen molar-refractivity contribution in [1.82, 2.24) is 10.3 Å². The van der Waals surface area contributed by atoms with Crippen LogP contribution in [0.25, 0.3) is 0 Å². The van der Waals surface area contributed by atoms with Gasteiger partial charge in [-0.3, -0.25) is 4.98 Å². The van der Waals surface area contributed by atoms with Gasteiger partial charge >= 0.3 is 0 Å². The fourth-order valence-corrected chi connectivity index (χ4v) is 1.94. The Morgan fingerprint density at radius 1 is 1.50 bits per heavy atom. The summed E-state index contributed by atoms with van der Waals surface area (Å²) in [6.07, 6.45) is 4.22. The van der Waals surface area contributed by atoms with Gasteiger partial charge in [0.15, 0.2) is 0 Å². The van der Waals surface area contributed by atoms with E-state index in [0.717, 1.165) is 31.8 Å². The lowest BCUT2D eigenvalue weighted by molar-refractivity contribution is 0.0902. The number of hydrogen-bond acceptors (Lipinski definition) is 3. The first-order valence-electron chi connectivity index (χ1n) is 6.10. The molecule has 1 aliphatic heterocycles. The molecule has 3 nitrogen and oxygen atoms in total. The Hall–Kier alpha value is -0.930. The van der Waals surface area contributed by atoms with E-state index in [1.54, 1.807) is 0 Å². The molecule has 1 aromatic heterocycles. The smallest absolute Gasteiger partial charge is 0.0887 e. The van der Waals surface area contributed by atoms with E-state index in [-0.39, 0.29) is 0 Å². The summed E-state index contributed by atoms with van der Waals surface area (Å²) in [6, 6.07) is 4.19. The first kappa shape index (κ1) is 11.6. The number of hydrogen-bond donors (Lipinski definition) is 1. The van der Waals surface area contributed by atoms with Gasteiger partial charge in [-0.15, -0.1) is 0 Å². The van der Waals surface area contributed by atoms with Crippen LogP contribution < -0.4 is 5.32 Å². The van der Waals surface area contributed by atoms with Crippen LogP contribution >= 0.6 is 0 Å². The zero-order chi connectivity index (χ0) is 11.2. The van der Waals surface area contributed by atoms with Gasteiger partial charge in [-0.2, -0.15) is 0 Å². The highest BCUT2D eigenvalue weighted by molar-refractivity contribution is 5.13. The van der Waals surface area contributed by atoms with Gasteiger partial charge in [0.25, 0.3) is 0 Å². The van der Waals surface area contributed by atoms with Crippen LogP contribution in [0.3, 0.4) is 0 Å². The van der Waals surface area contributed by atoms with E-state index in [2.05, 4.69) is 29.4 Å². The highest BCUT2D eigenvalue weighted by Crippen LogP contribution is 2.09. The Labute approximate surface area is 97.2 Å². The number of nitrogens with zero attached hydrogens (tertiary/aromatic N) is 1. The molecule has 0 saturated carbocycles. The van der Waals surface area contributed by atoms with E-state index < -0.39 is 0 Å². The third-order valence-corrected chi connectivity index (χ3v) is 3.06. The van der Waals surface area contributed by atoms with Crippen LogP contribution in [0, 0.1) is 5.92 Å². The fourth-order valence-electron chi connectivity index (χ4n) is 1.94. The van der Waals surface area contributed by atoms with Crippen molar-refractivity contribution < 1.29 is 4.74 Å². The van der Waals surface area contributed by atoms with Gasteiger partial charge < -0.3 is 10.1 Å². The first-order valence-corrected chi connectivity index (χ1v) is 6.10. The van der Waals surface area contributed by atoms with Crippen molar-refractivity contribution >= 4 is 0 Å². The van der Waals surface area contributed by atoms with E-state index in [9.17, 15) is 0 Å². The monoisotopic (exact) mass is 220 g/mol. The van der Waals surface area contributed by atoms with E-state index in [4.69, 9.17) is 4.74 Å². The lowest BCUT2D eigenvalue weighted by Crippen LogP contribution is -2.13. The molecule has 16 heavy (non-hydrogen) atoms. The molecule has 1 aliphatic rings. The predicted octanol–water partition coefficient (Wildman–Crippen LogP) is 1.77.